The number of aliphatic hydroxyl groups is 2. The molecule has 144 valence electrons. The van der Waals surface area contributed by atoms with Crippen LogP contribution in [0.25, 0.3) is 0 Å². The Kier molecular flexibility index (Phi) is 6.41. The number of carbonyl (C=O) groups is 2. The molecule has 0 unspecified atom stereocenters. The fourth-order valence-electron chi connectivity index (χ4n) is 2.34. The van der Waals surface area contributed by atoms with Gasteiger partial charge in [-0.1, -0.05) is 19.9 Å². The molecule has 1 fully saturated rings. The highest BCUT2D eigenvalue weighted by Crippen LogP contribution is 2.28. The molecule has 1 aromatic carbocycles. The summed E-state index contributed by atoms with van der Waals surface area (Å²) in [5.74, 6) is -1.70. The third-order valence-electron chi connectivity index (χ3n) is 3.87. The van der Waals surface area contributed by atoms with E-state index in [0.717, 1.165) is 0 Å². The predicted octanol–water partition coefficient (Wildman–Crippen LogP) is 0.268. The van der Waals surface area contributed by atoms with Gasteiger partial charge < -0.3 is 35.3 Å². The Morgan fingerprint density at radius 3 is 2.62 bits per heavy atom. The molecule has 0 radical (unpaired) electrons. The molecular formula is C17H23NO8. The lowest BCUT2D eigenvalue weighted by Crippen LogP contribution is -2.52. The Morgan fingerprint density at radius 2 is 2.04 bits per heavy atom. The second kappa shape index (κ2) is 8.35. The maximum Gasteiger partial charge on any atom is 0.333 e. The van der Waals surface area contributed by atoms with E-state index in [-0.39, 0.29) is 36.4 Å². The normalized spacial score (nSPS) is 25.7. The highest BCUT2D eigenvalue weighted by atomic mass is 16.7. The summed E-state index contributed by atoms with van der Waals surface area (Å²) < 4.78 is 15.7. The molecule has 1 heterocycles. The Morgan fingerprint density at radius 1 is 1.35 bits per heavy atom. The van der Waals surface area contributed by atoms with Gasteiger partial charge in [-0.3, -0.25) is 4.79 Å². The molecule has 9 heteroatoms. The largest absolute Gasteiger partial charge is 0.479 e. The predicted molar refractivity (Wildman–Crippen MR) is 89.0 cm³/mol. The average molecular weight is 369 g/mol. The zero-order valence-corrected chi connectivity index (χ0v) is 14.5. The van der Waals surface area contributed by atoms with Crippen LogP contribution in [0.1, 0.15) is 25.8 Å². The summed E-state index contributed by atoms with van der Waals surface area (Å²) in [6.07, 6.45) is -5.64. The van der Waals surface area contributed by atoms with Gasteiger partial charge in [0.2, 0.25) is 6.29 Å². The Balaban J connectivity index is 2.04. The van der Waals surface area contributed by atoms with Crippen molar-refractivity contribution in [2.75, 3.05) is 5.73 Å². The van der Waals surface area contributed by atoms with Crippen LogP contribution >= 0.6 is 0 Å². The lowest BCUT2D eigenvalue weighted by atomic mass is 10.0. The van der Waals surface area contributed by atoms with Crippen LogP contribution in [0.15, 0.2) is 18.2 Å². The molecule has 5 N–H and O–H groups in total. The molecule has 0 aliphatic carbocycles. The molecule has 1 aliphatic heterocycles. The van der Waals surface area contributed by atoms with Gasteiger partial charge in [0.15, 0.2) is 6.10 Å². The van der Waals surface area contributed by atoms with E-state index >= 15 is 0 Å². The number of hydrogen-bond acceptors (Lipinski definition) is 8. The van der Waals surface area contributed by atoms with Gasteiger partial charge in [0.1, 0.15) is 18.5 Å². The van der Waals surface area contributed by atoms with Gasteiger partial charge in [-0.25, -0.2) is 4.79 Å². The van der Waals surface area contributed by atoms with Crippen molar-refractivity contribution in [1.82, 2.24) is 0 Å². The van der Waals surface area contributed by atoms with E-state index in [1.807, 2.05) is 0 Å². The van der Waals surface area contributed by atoms with Gasteiger partial charge in [-0.05, 0) is 17.7 Å². The van der Waals surface area contributed by atoms with Crippen molar-refractivity contribution < 1.29 is 39.1 Å². The number of aliphatic hydroxyl groups excluding tert-OH is 2. The van der Waals surface area contributed by atoms with E-state index in [0.29, 0.717) is 5.56 Å². The number of rotatable bonds is 6. The van der Waals surface area contributed by atoms with Crippen LogP contribution < -0.4 is 10.5 Å². The summed E-state index contributed by atoms with van der Waals surface area (Å²) >= 11 is 0. The Hall–Kier alpha value is -2.36. The molecule has 2 rings (SSSR count). The van der Waals surface area contributed by atoms with Crippen molar-refractivity contribution in [3.8, 4) is 5.75 Å². The number of aliphatic carboxylic acids is 1. The van der Waals surface area contributed by atoms with Crippen molar-refractivity contribution in [1.29, 1.82) is 0 Å². The van der Waals surface area contributed by atoms with E-state index in [9.17, 15) is 19.8 Å². The van der Waals surface area contributed by atoms with Crippen LogP contribution in [0.2, 0.25) is 0 Å². The number of hydrogen-bond donors (Lipinski definition) is 4. The summed E-state index contributed by atoms with van der Waals surface area (Å²) in [5, 5.41) is 28.7. The number of carboxylic acid groups (broad SMARTS) is 1. The molecule has 1 aromatic rings. The molecule has 1 aliphatic rings. The number of benzene rings is 1. The molecule has 0 saturated carbocycles. The fraction of sp³-hybridized carbons (Fsp3) is 0.529. The number of carbonyl (C=O) groups excluding carboxylic acids is 1. The van der Waals surface area contributed by atoms with Crippen LogP contribution in [0, 0.1) is 5.92 Å². The Labute approximate surface area is 150 Å². The quantitative estimate of drug-likeness (QED) is 0.409. The number of nitrogen functional groups attached to an aromatic ring is 1. The second-order valence-electron chi connectivity index (χ2n) is 6.38. The first-order chi connectivity index (χ1) is 12.2. The van der Waals surface area contributed by atoms with E-state index in [1.54, 1.807) is 19.9 Å². The first kappa shape index (κ1) is 20.0. The minimum absolute atomic E-state index is 0.0455. The third kappa shape index (κ3) is 4.84. The molecule has 9 nitrogen and oxygen atoms in total. The SMILES string of the molecule is CC(C)C(=O)OCc1ccc(O[C@H]2O[C@H](C(=O)O)C[C@H](O)[C@H]2O)c(N)c1. The van der Waals surface area contributed by atoms with Crippen molar-refractivity contribution in [3.63, 3.8) is 0 Å². The number of nitrogens with two attached hydrogens (primary N) is 1. The topological polar surface area (TPSA) is 149 Å². The molecule has 0 amide bonds. The standard InChI is InChI=1S/C17H23NO8/c1-8(2)16(23)24-7-9-3-4-12(10(18)5-9)25-17-14(20)11(19)6-13(26-17)15(21)22/h3-5,8,11,13-14,17,19-20H,6-7,18H2,1-2H3,(H,21,22)/t11-,13-,14+,17-/m0/s1. The fourth-order valence-corrected chi connectivity index (χ4v) is 2.34. The van der Waals surface area contributed by atoms with Crippen molar-refractivity contribution in [2.24, 2.45) is 5.92 Å². The van der Waals surface area contributed by atoms with E-state index in [1.165, 1.54) is 12.1 Å². The Bertz CT molecular complexity index is 662. The molecule has 0 aromatic heterocycles. The lowest BCUT2D eigenvalue weighted by Gasteiger charge is -2.35. The first-order valence-electron chi connectivity index (χ1n) is 8.15. The van der Waals surface area contributed by atoms with Crippen LogP contribution in [0.5, 0.6) is 5.75 Å². The zero-order valence-electron chi connectivity index (χ0n) is 14.5. The van der Waals surface area contributed by atoms with Crippen LogP contribution in [-0.2, 0) is 25.7 Å². The third-order valence-corrected chi connectivity index (χ3v) is 3.87. The number of esters is 1. The number of carboxylic acids is 1. The zero-order chi connectivity index (χ0) is 19.4. The van der Waals surface area contributed by atoms with E-state index in [4.69, 9.17) is 25.1 Å². The van der Waals surface area contributed by atoms with Gasteiger partial charge in [-0.15, -0.1) is 0 Å². The van der Waals surface area contributed by atoms with Crippen LogP contribution in [0.3, 0.4) is 0 Å². The molecule has 26 heavy (non-hydrogen) atoms. The molecule has 1 saturated heterocycles. The van der Waals surface area contributed by atoms with Crippen LogP contribution in [0.4, 0.5) is 5.69 Å². The van der Waals surface area contributed by atoms with Gasteiger partial charge in [0, 0.05) is 6.42 Å². The summed E-state index contributed by atoms with van der Waals surface area (Å²) in [4.78, 5) is 22.5. The number of anilines is 1. The smallest absolute Gasteiger partial charge is 0.333 e. The highest BCUT2D eigenvalue weighted by Gasteiger charge is 2.41. The highest BCUT2D eigenvalue weighted by molar-refractivity contribution is 5.72. The second-order valence-corrected chi connectivity index (χ2v) is 6.38. The summed E-state index contributed by atoms with van der Waals surface area (Å²) in [7, 11) is 0. The van der Waals surface area contributed by atoms with Gasteiger partial charge in [0.05, 0.1) is 17.7 Å². The summed E-state index contributed by atoms with van der Waals surface area (Å²) in [5.41, 5.74) is 6.72. The van der Waals surface area contributed by atoms with Crippen molar-refractivity contribution in [2.45, 2.75) is 51.5 Å². The summed E-state index contributed by atoms with van der Waals surface area (Å²) in [6.45, 7) is 3.49. The monoisotopic (exact) mass is 369 g/mol. The maximum absolute atomic E-state index is 11.5. The van der Waals surface area contributed by atoms with Gasteiger partial charge in [-0.2, -0.15) is 0 Å². The minimum Gasteiger partial charge on any atom is -0.479 e. The molecule has 4 atom stereocenters. The molecule has 0 spiro atoms. The van der Waals surface area contributed by atoms with Crippen molar-refractivity contribution >= 4 is 17.6 Å². The van der Waals surface area contributed by atoms with Gasteiger partial charge in [0.25, 0.3) is 0 Å². The lowest BCUT2D eigenvalue weighted by molar-refractivity contribution is -0.238. The van der Waals surface area contributed by atoms with Crippen LogP contribution in [-0.4, -0.2) is 51.9 Å². The molecule has 0 bridgehead atoms. The van der Waals surface area contributed by atoms with Crippen molar-refractivity contribution in [3.05, 3.63) is 23.8 Å². The minimum atomic E-state index is -1.42. The molecular weight excluding hydrogens is 346 g/mol. The average Bonchev–Trinajstić information content (AvgIpc) is 2.58. The number of ether oxygens (including phenoxy) is 3. The van der Waals surface area contributed by atoms with Gasteiger partial charge >= 0.3 is 11.9 Å². The maximum atomic E-state index is 11.5. The van der Waals surface area contributed by atoms with E-state index < -0.39 is 30.6 Å². The summed E-state index contributed by atoms with van der Waals surface area (Å²) in [6, 6.07) is 4.63. The first-order valence-corrected chi connectivity index (χ1v) is 8.15. The van der Waals surface area contributed by atoms with E-state index in [2.05, 4.69) is 0 Å².